The van der Waals surface area contributed by atoms with E-state index >= 15 is 0 Å². The Hall–Kier alpha value is -1.96. The first-order chi connectivity index (χ1) is 9.13. The number of Topliss-reactive ketones (excluding diaryl/α,β-unsaturated/α-hetero) is 1. The van der Waals surface area contributed by atoms with E-state index in [0.29, 0.717) is 7.11 Å². The highest BCUT2D eigenvalue weighted by atomic mass is 19.4. The van der Waals surface area contributed by atoms with Gasteiger partial charge in [-0.05, 0) is 12.1 Å². The number of alkyl halides is 3. The molecule has 0 aliphatic heterocycles. The molecule has 0 unspecified atom stereocenters. The topological polar surface area (TPSA) is 63.6 Å². The molecule has 4 nitrogen and oxygen atoms in total. The van der Waals surface area contributed by atoms with Gasteiger partial charge in [0.05, 0.1) is 19.1 Å². The molecular weight excluding hydrogens is 284 g/mol. The molecule has 0 radical (unpaired) electrons. The summed E-state index contributed by atoms with van der Waals surface area (Å²) in [5, 5.41) is 9.40. The Balaban J connectivity index is 3.13. The Morgan fingerprint density at radius 2 is 1.80 bits per heavy atom. The minimum atomic E-state index is -5.43. The van der Waals surface area contributed by atoms with Crippen molar-refractivity contribution >= 4 is 11.8 Å². The van der Waals surface area contributed by atoms with Gasteiger partial charge in [-0.1, -0.05) is 12.1 Å². The molecule has 20 heavy (non-hydrogen) atoms. The number of aliphatic hydroxyl groups is 1. The van der Waals surface area contributed by atoms with Crippen molar-refractivity contribution in [2.75, 3.05) is 7.11 Å². The summed E-state index contributed by atoms with van der Waals surface area (Å²) in [6, 6.07) is 4.30. The summed E-state index contributed by atoms with van der Waals surface area (Å²) in [5.41, 5.74) is -4.67. The van der Waals surface area contributed by atoms with Crippen molar-refractivity contribution < 1.29 is 37.0 Å². The van der Waals surface area contributed by atoms with Crippen molar-refractivity contribution in [2.24, 2.45) is 0 Å². The van der Waals surface area contributed by atoms with Gasteiger partial charge in [-0.2, -0.15) is 13.2 Å². The predicted molar refractivity (Wildman–Crippen MR) is 58.4 cm³/mol. The first-order valence-electron chi connectivity index (χ1n) is 5.28. The monoisotopic (exact) mass is 294 g/mol. The van der Waals surface area contributed by atoms with E-state index in [4.69, 9.17) is 0 Å². The number of methoxy groups -OCH3 is 1. The largest absolute Gasteiger partial charge is 0.467 e. The van der Waals surface area contributed by atoms with Crippen molar-refractivity contribution in [3.05, 3.63) is 35.6 Å². The van der Waals surface area contributed by atoms with Crippen LogP contribution in [0.2, 0.25) is 0 Å². The predicted octanol–water partition coefficient (Wildman–Crippen LogP) is 1.86. The van der Waals surface area contributed by atoms with Crippen LogP contribution in [0, 0.1) is 5.82 Å². The molecule has 0 saturated carbocycles. The molecule has 1 N–H and O–H groups in total. The van der Waals surface area contributed by atoms with Gasteiger partial charge in [0.2, 0.25) is 0 Å². The van der Waals surface area contributed by atoms with Crippen LogP contribution in [0.25, 0.3) is 0 Å². The third-order valence-corrected chi connectivity index (χ3v) is 2.58. The first-order valence-corrected chi connectivity index (χ1v) is 5.28. The number of esters is 1. The zero-order valence-electron chi connectivity index (χ0n) is 10.2. The van der Waals surface area contributed by atoms with Crippen molar-refractivity contribution in [1.82, 2.24) is 0 Å². The maximum Gasteiger partial charge on any atom is 0.428 e. The van der Waals surface area contributed by atoms with Gasteiger partial charge in [0.1, 0.15) is 5.82 Å². The standard InChI is InChI=1S/C12H10F4O4/c1-20-10(18)11(19,12(14,15)16)6-9(17)7-4-2-3-5-8(7)13/h2-5,19H,6H2,1H3/t11-/m0/s1. The van der Waals surface area contributed by atoms with E-state index in [1.807, 2.05) is 0 Å². The Bertz CT molecular complexity index is 526. The molecule has 0 aromatic heterocycles. The molecule has 0 fully saturated rings. The molecule has 0 amide bonds. The van der Waals surface area contributed by atoms with E-state index in [9.17, 15) is 32.3 Å². The Kier molecular flexibility index (Phi) is 4.49. The van der Waals surface area contributed by atoms with Crippen LogP contribution in [-0.2, 0) is 9.53 Å². The van der Waals surface area contributed by atoms with Crippen molar-refractivity contribution in [2.45, 2.75) is 18.2 Å². The number of rotatable bonds is 4. The van der Waals surface area contributed by atoms with Gasteiger partial charge in [0.15, 0.2) is 5.78 Å². The summed E-state index contributed by atoms with van der Waals surface area (Å²) in [4.78, 5) is 22.7. The maximum absolute atomic E-state index is 13.3. The summed E-state index contributed by atoms with van der Waals surface area (Å²) < 4.78 is 55.3. The van der Waals surface area contributed by atoms with Crippen LogP contribution in [0.15, 0.2) is 24.3 Å². The molecule has 0 aliphatic carbocycles. The minimum absolute atomic E-state index is 0.632. The van der Waals surface area contributed by atoms with Gasteiger partial charge in [-0.15, -0.1) is 0 Å². The van der Waals surface area contributed by atoms with Crippen LogP contribution in [0.1, 0.15) is 16.8 Å². The van der Waals surface area contributed by atoms with Crippen LogP contribution >= 0.6 is 0 Å². The number of benzene rings is 1. The number of carbonyl (C=O) groups is 2. The second-order valence-electron chi connectivity index (χ2n) is 3.93. The highest BCUT2D eigenvalue weighted by Crippen LogP contribution is 2.35. The van der Waals surface area contributed by atoms with E-state index < -0.39 is 41.3 Å². The molecule has 1 rings (SSSR count). The molecule has 1 aromatic rings. The van der Waals surface area contributed by atoms with Crippen molar-refractivity contribution in [3.63, 3.8) is 0 Å². The van der Waals surface area contributed by atoms with Gasteiger partial charge < -0.3 is 9.84 Å². The Morgan fingerprint density at radius 3 is 2.25 bits per heavy atom. The average molecular weight is 294 g/mol. The molecule has 1 aromatic carbocycles. The van der Waals surface area contributed by atoms with Crippen LogP contribution < -0.4 is 0 Å². The fourth-order valence-electron chi connectivity index (χ4n) is 1.47. The highest BCUT2D eigenvalue weighted by molar-refractivity contribution is 6.00. The van der Waals surface area contributed by atoms with E-state index in [1.165, 1.54) is 12.1 Å². The number of halogens is 4. The van der Waals surface area contributed by atoms with Gasteiger partial charge in [0.25, 0.3) is 5.60 Å². The molecule has 8 heteroatoms. The molecule has 0 heterocycles. The van der Waals surface area contributed by atoms with E-state index in [1.54, 1.807) is 0 Å². The third-order valence-electron chi connectivity index (χ3n) is 2.58. The van der Waals surface area contributed by atoms with Gasteiger partial charge >= 0.3 is 12.1 Å². The van der Waals surface area contributed by atoms with Gasteiger partial charge in [0, 0.05) is 0 Å². The normalized spacial score (nSPS) is 14.5. The summed E-state index contributed by atoms with van der Waals surface area (Å²) >= 11 is 0. The highest BCUT2D eigenvalue weighted by Gasteiger charge is 2.61. The third kappa shape index (κ3) is 2.96. The van der Waals surface area contributed by atoms with E-state index in [0.717, 1.165) is 12.1 Å². The van der Waals surface area contributed by atoms with E-state index in [-0.39, 0.29) is 0 Å². The summed E-state index contributed by atoms with van der Waals surface area (Å²) in [6.45, 7) is 0. The lowest BCUT2D eigenvalue weighted by Crippen LogP contribution is -2.54. The van der Waals surface area contributed by atoms with Crippen LogP contribution in [0.3, 0.4) is 0 Å². The molecule has 0 saturated heterocycles. The Labute approximate surface area is 111 Å². The number of ketones is 1. The quantitative estimate of drug-likeness (QED) is 0.523. The first kappa shape index (κ1) is 16.1. The maximum atomic E-state index is 13.3. The van der Waals surface area contributed by atoms with E-state index in [2.05, 4.69) is 4.74 Å². The molecule has 0 aliphatic rings. The zero-order chi connectivity index (χ0) is 15.6. The molecule has 1 atom stereocenters. The van der Waals surface area contributed by atoms with Crippen LogP contribution in [0.5, 0.6) is 0 Å². The van der Waals surface area contributed by atoms with Crippen molar-refractivity contribution in [3.8, 4) is 0 Å². The average Bonchev–Trinajstić information content (AvgIpc) is 2.36. The smallest absolute Gasteiger partial charge is 0.428 e. The molecular formula is C12H10F4O4. The number of hydrogen-bond donors (Lipinski definition) is 1. The number of ether oxygens (including phenoxy) is 1. The molecule has 110 valence electrons. The molecule has 0 spiro atoms. The summed E-state index contributed by atoms with van der Waals surface area (Å²) in [5.74, 6) is -4.45. The SMILES string of the molecule is COC(=O)[C@@](O)(CC(=O)c1ccccc1F)C(F)(F)F. The lowest BCUT2D eigenvalue weighted by atomic mass is 9.93. The number of carbonyl (C=O) groups excluding carboxylic acids is 2. The summed E-state index contributed by atoms with van der Waals surface area (Å²) in [7, 11) is 0.632. The zero-order valence-corrected chi connectivity index (χ0v) is 10.2. The van der Waals surface area contributed by atoms with Crippen LogP contribution in [0.4, 0.5) is 17.6 Å². The molecule has 0 bridgehead atoms. The van der Waals surface area contributed by atoms with Crippen molar-refractivity contribution in [1.29, 1.82) is 0 Å². The second-order valence-corrected chi connectivity index (χ2v) is 3.93. The fourth-order valence-corrected chi connectivity index (χ4v) is 1.47. The van der Waals surface area contributed by atoms with Gasteiger partial charge in [-0.3, -0.25) is 4.79 Å². The van der Waals surface area contributed by atoms with Gasteiger partial charge in [-0.25, -0.2) is 9.18 Å². The lowest BCUT2D eigenvalue weighted by molar-refractivity contribution is -0.260. The lowest BCUT2D eigenvalue weighted by Gasteiger charge is -2.26. The number of hydrogen-bond acceptors (Lipinski definition) is 4. The second kappa shape index (κ2) is 5.58. The minimum Gasteiger partial charge on any atom is -0.467 e. The Morgan fingerprint density at radius 1 is 1.25 bits per heavy atom. The summed E-state index contributed by atoms with van der Waals surface area (Å²) in [6.07, 6.45) is -7.09. The van der Waals surface area contributed by atoms with Crippen LogP contribution in [-0.4, -0.2) is 35.7 Å². The fraction of sp³-hybridized carbons (Fsp3) is 0.333.